The number of halogens is 1. The van der Waals surface area contributed by atoms with Gasteiger partial charge in [-0.3, -0.25) is 0 Å². The van der Waals surface area contributed by atoms with E-state index in [0.29, 0.717) is 37.0 Å². The largest absolute Gasteiger partial charge is 0.378 e. The summed E-state index contributed by atoms with van der Waals surface area (Å²) in [6, 6.07) is 6.76. The predicted molar refractivity (Wildman–Crippen MR) is 90.4 cm³/mol. The van der Waals surface area contributed by atoms with Crippen molar-refractivity contribution in [3.05, 3.63) is 41.5 Å². The van der Waals surface area contributed by atoms with Crippen LogP contribution in [0.1, 0.15) is 25.2 Å². The number of rotatable bonds is 4. The summed E-state index contributed by atoms with van der Waals surface area (Å²) < 4.78 is 19.3. The van der Waals surface area contributed by atoms with Crippen molar-refractivity contribution in [1.29, 1.82) is 0 Å². The van der Waals surface area contributed by atoms with E-state index in [2.05, 4.69) is 15.0 Å². The topological polar surface area (TPSA) is 77.2 Å². The van der Waals surface area contributed by atoms with Crippen LogP contribution in [0.3, 0.4) is 0 Å². The fourth-order valence-electron chi connectivity index (χ4n) is 2.79. The van der Waals surface area contributed by atoms with Gasteiger partial charge < -0.3 is 15.4 Å². The molecule has 128 valence electrons. The Hall–Kier alpha value is -2.28. The van der Waals surface area contributed by atoms with E-state index in [4.69, 9.17) is 10.5 Å². The summed E-state index contributed by atoms with van der Waals surface area (Å²) in [6.07, 6.45) is 0.478. The molecule has 6 nitrogen and oxygen atoms in total. The van der Waals surface area contributed by atoms with E-state index in [1.807, 2.05) is 24.8 Å². The lowest BCUT2D eigenvalue weighted by molar-refractivity contribution is 0.122. The van der Waals surface area contributed by atoms with Gasteiger partial charge in [-0.1, -0.05) is 32.0 Å². The van der Waals surface area contributed by atoms with Crippen molar-refractivity contribution in [2.45, 2.75) is 25.7 Å². The Morgan fingerprint density at radius 1 is 1.17 bits per heavy atom. The molecule has 0 radical (unpaired) electrons. The van der Waals surface area contributed by atoms with Gasteiger partial charge in [0.1, 0.15) is 11.6 Å². The molecule has 2 aromatic rings. The van der Waals surface area contributed by atoms with E-state index in [9.17, 15) is 4.39 Å². The standard InChI is InChI=1S/C17H22FN5O/c1-17(2,11-12-5-3-4-6-13(12)18)14-20-15(19)22-16(21-14)23-7-9-24-10-8-23/h3-6H,7-11H2,1-2H3,(H2,19,20,21,22). The van der Waals surface area contributed by atoms with Crippen LogP contribution in [-0.2, 0) is 16.6 Å². The van der Waals surface area contributed by atoms with E-state index >= 15 is 0 Å². The molecule has 0 bridgehead atoms. The van der Waals surface area contributed by atoms with Gasteiger partial charge in [0.2, 0.25) is 11.9 Å². The van der Waals surface area contributed by atoms with Gasteiger partial charge in [0, 0.05) is 18.5 Å². The number of hydrogen-bond acceptors (Lipinski definition) is 6. The Balaban J connectivity index is 1.89. The summed E-state index contributed by atoms with van der Waals surface area (Å²) in [4.78, 5) is 15.2. The SMILES string of the molecule is CC(C)(Cc1ccccc1F)c1nc(N)nc(N2CCOCC2)n1. The molecular weight excluding hydrogens is 309 g/mol. The highest BCUT2D eigenvalue weighted by Crippen LogP contribution is 2.27. The highest BCUT2D eigenvalue weighted by atomic mass is 19.1. The Labute approximate surface area is 140 Å². The monoisotopic (exact) mass is 331 g/mol. The summed E-state index contributed by atoms with van der Waals surface area (Å²) >= 11 is 0. The smallest absolute Gasteiger partial charge is 0.230 e. The molecule has 24 heavy (non-hydrogen) atoms. The molecule has 1 aliphatic rings. The highest BCUT2D eigenvalue weighted by Gasteiger charge is 2.28. The minimum absolute atomic E-state index is 0.183. The van der Waals surface area contributed by atoms with Crippen LogP contribution in [-0.4, -0.2) is 41.3 Å². The fourth-order valence-corrected chi connectivity index (χ4v) is 2.79. The summed E-state index contributed by atoms with van der Waals surface area (Å²) in [5.74, 6) is 1.09. The number of nitrogen functional groups attached to an aromatic ring is 1. The van der Waals surface area contributed by atoms with Crippen molar-refractivity contribution in [3.63, 3.8) is 0 Å². The number of ether oxygens (including phenoxy) is 1. The molecule has 1 saturated heterocycles. The second-order valence-corrected chi connectivity index (χ2v) is 6.57. The molecule has 0 atom stereocenters. The van der Waals surface area contributed by atoms with Crippen LogP contribution in [0.2, 0.25) is 0 Å². The number of hydrogen-bond donors (Lipinski definition) is 1. The zero-order valence-electron chi connectivity index (χ0n) is 14.0. The molecule has 0 saturated carbocycles. The fraction of sp³-hybridized carbons (Fsp3) is 0.471. The molecule has 0 unspecified atom stereocenters. The van der Waals surface area contributed by atoms with E-state index in [0.717, 1.165) is 13.1 Å². The van der Waals surface area contributed by atoms with Crippen molar-refractivity contribution in [3.8, 4) is 0 Å². The number of nitrogens with two attached hydrogens (primary N) is 1. The van der Waals surface area contributed by atoms with Crippen LogP contribution in [0.4, 0.5) is 16.3 Å². The van der Waals surface area contributed by atoms with Crippen LogP contribution in [0.25, 0.3) is 0 Å². The van der Waals surface area contributed by atoms with E-state index in [1.54, 1.807) is 12.1 Å². The Bertz CT molecular complexity index is 716. The number of benzene rings is 1. The Morgan fingerprint density at radius 3 is 2.58 bits per heavy atom. The van der Waals surface area contributed by atoms with Crippen molar-refractivity contribution in [1.82, 2.24) is 15.0 Å². The molecule has 7 heteroatoms. The lowest BCUT2D eigenvalue weighted by Gasteiger charge is -2.29. The van der Waals surface area contributed by atoms with Gasteiger partial charge in [-0.05, 0) is 18.1 Å². The van der Waals surface area contributed by atoms with Crippen molar-refractivity contribution < 1.29 is 9.13 Å². The zero-order valence-corrected chi connectivity index (χ0v) is 14.0. The second kappa shape index (κ2) is 6.68. The first-order valence-electron chi connectivity index (χ1n) is 8.04. The van der Waals surface area contributed by atoms with Crippen LogP contribution >= 0.6 is 0 Å². The molecule has 1 aromatic carbocycles. The van der Waals surface area contributed by atoms with Gasteiger partial charge in [0.05, 0.1) is 13.2 Å². The average molecular weight is 331 g/mol. The third-order valence-corrected chi connectivity index (χ3v) is 4.13. The van der Waals surface area contributed by atoms with Gasteiger partial charge in [0.15, 0.2) is 0 Å². The van der Waals surface area contributed by atoms with Gasteiger partial charge in [-0.25, -0.2) is 4.39 Å². The molecule has 1 fully saturated rings. The van der Waals surface area contributed by atoms with Crippen LogP contribution < -0.4 is 10.6 Å². The summed E-state index contributed by atoms with van der Waals surface area (Å²) in [6.45, 7) is 6.68. The van der Waals surface area contributed by atoms with Crippen molar-refractivity contribution in [2.75, 3.05) is 36.9 Å². The third-order valence-electron chi connectivity index (χ3n) is 4.13. The number of morpholine rings is 1. The zero-order chi connectivity index (χ0) is 17.2. The van der Waals surface area contributed by atoms with E-state index in [-0.39, 0.29) is 11.8 Å². The van der Waals surface area contributed by atoms with E-state index < -0.39 is 5.41 Å². The molecule has 0 spiro atoms. The van der Waals surface area contributed by atoms with Gasteiger partial charge >= 0.3 is 0 Å². The average Bonchev–Trinajstić information content (AvgIpc) is 2.57. The van der Waals surface area contributed by atoms with Gasteiger partial charge in [-0.2, -0.15) is 15.0 Å². The van der Waals surface area contributed by atoms with Crippen LogP contribution in [0.15, 0.2) is 24.3 Å². The Morgan fingerprint density at radius 2 is 1.88 bits per heavy atom. The first kappa shape index (κ1) is 16.6. The van der Waals surface area contributed by atoms with Crippen LogP contribution in [0, 0.1) is 5.82 Å². The first-order chi connectivity index (χ1) is 11.5. The third kappa shape index (κ3) is 3.62. The van der Waals surface area contributed by atoms with Gasteiger partial charge in [-0.15, -0.1) is 0 Å². The quantitative estimate of drug-likeness (QED) is 0.923. The van der Waals surface area contributed by atoms with Crippen molar-refractivity contribution in [2.24, 2.45) is 0 Å². The summed E-state index contributed by atoms with van der Waals surface area (Å²) in [7, 11) is 0. The summed E-state index contributed by atoms with van der Waals surface area (Å²) in [5.41, 5.74) is 6.05. The minimum Gasteiger partial charge on any atom is -0.378 e. The number of nitrogens with zero attached hydrogens (tertiary/aromatic N) is 4. The molecule has 3 rings (SSSR count). The molecular formula is C17H22FN5O. The number of anilines is 2. The molecule has 2 heterocycles. The van der Waals surface area contributed by atoms with Crippen LogP contribution in [0.5, 0.6) is 0 Å². The second-order valence-electron chi connectivity index (χ2n) is 6.57. The Kier molecular flexibility index (Phi) is 4.62. The van der Waals surface area contributed by atoms with E-state index in [1.165, 1.54) is 6.07 Å². The first-order valence-corrected chi connectivity index (χ1v) is 8.04. The maximum Gasteiger partial charge on any atom is 0.230 e. The highest BCUT2D eigenvalue weighted by molar-refractivity contribution is 5.36. The lowest BCUT2D eigenvalue weighted by atomic mass is 9.84. The summed E-state index contributed by atoms with van der Waals surface area (Å²) in [5, 5.41) is 0. The minimum atomic E-state index is -0.472. The number of aromatic nitrogens is 3. The van der Waals surface area contributed by atoms with Crippen molar-refractivity contribution >= 4 is 11.9 Å². The lowest BCUT2D eigenvalue weighted by Crippen LogP contribution is -2.38. The molecule has 1 aliphatic heterocycles. The molecule has 1 aromatic heterocycles. The van der Waals surface area contributed by atoms with Gasteiger partial charge in [0.25, 0.3) is 0 Å². The molecule has 0 amide bonds. The molecule has 2 N–H and O–H groups in total. The normalized spacial score (nSPS) is 15.5. The maximum absolute atomic E-state index is 14.0. The maximum atomic E-state index is 14.0. The predicted octanol–water partition coefficient (Wildman–Crippen LogP) is 1.95. The molecule has 0 aliphatic carbocycles.